The van der Waals surface area contributed by atoms with Gasteiger partial charge in [0.2, 0.25) is 0 Å². The number of aliphatic carboxylic acids is 1. The van der Waals surface area contributed by atoms with Crippen LogP contribution in [0.25, 0.3) is 0 Å². The van der Waals surface area contributed by atoms with E-state index < -0.39 is 12.0 Å². The van der Waals surface area contributed by atoms with Gasteiger partial charge in [-0.2, -0.15) is 0 Å². The molecular weight excluding hydrogens is 154 g/mol. The first kappa shape index (κ1) is 11.4. The minimum atomic E-state index is -1.14. The van der Waals surface area contributed by atoms with Crippen molar-refractivity contribution in [2.75, 3.05) is 0 Å². The van der Waals surface area contributed by atoms with Crippen molar-refractivity contribution in [3.8, 4) is 0 Å². The highest BCUT2D eigenvalue weighted by molar-refractivity contribution is 5.70. The predicted octanol–water partition coefficient (Wildman–Crippen LogP) is 0.280. The monoisotopic (exact) mass is 172 g/mol. The van der Waals surface area contributed by atoms with E-state index in [2.05, 4.69) is 13.8 Å². The quantitative estimate of drug-likeness (QED) is 0.585. The van der Waals surface area contributed by atoms with E-state index in [0.29, 0.717) is 12.3 Å². The summed E-state index contributed by atoms with van der Waals surface area (Å²) in [7, 11) is 0. The fraction of sp³-hybridized carbons (Fsp3) is 0.889. The van der Waals surface area contributed by atoms with Gasteiger partial charge in [0.15, 0.2) is 0 Å². The van der Waals surface area contributed by atoms with Crippen molar-refractivity contribution in [2.24, 2.45) is 11.7 Å². The SMILES string of the molecule is CC(C)CCCCC(N)C(=O)[O-]. The third-order valence-corrected chi connectivity index (χ3v) is 1.85. The van der Waals surface area contributed by atoms with E-state index in [0.717, 1.165) is 19.3 Å². The highest BCUT2D eigenvalue weighted by atomic mass is 16.4. The number of nitrogens with two attached hydrogens (primary N) is 1. The molecule has 0 bridgehead atoms. The largest absolute Gasteiger partial charge is 0.548 e. The van der Waals surface area contributed by atoms with Crippen LogP contribution < -0.4 is 10.8 Å². The second kappa shape index (κ2) is 6.00. The van der Waals surface area contributed by atoms with Crippen LogP contribution in [0, 0.1) is 5.92 Å². The van der Waals surface area contributed by atoms with Gasteiger partial charge in [0, 0.05) is 6.04 Å². The van der Waals surface area contributed by atoms with E-state index >= 15 is 0 Å². The van der Waals surface area contributed by atoms with Gasteiger partial charge in [-0.15, -0.1) is 0 Å². The van der Waals surface area contributed by atoms with Crippen LogP contribution in [-0.2, 0) is 4.79 Å². The number of carboxylic acids is 1. The second-order valence-corrected chi connectivity index (χ2v) is 3.60. The highest BCUT2D eigenvalue weighted by Crippen LogP contribution is 2.08. The Bertz CT molecular complexity index is 134. The Kier molecular flexibility index (Phi) is 5.72. The van der Waals surface area contributed by atoms with Crippen molar-refractivity contribution in [1.29, 1.82) is 0 Å². The molecule has 0 saturated heterocycles. The summed E-state index contributed by atoms with van der Waals surface area (Å²) >= 11 is 0. The zero-order valence-corrected chi connectivity index (χ0v) is 7.88. The van der Waals surface area contributed by atoms with Crippen LogP contribution in [0.3, 0.4) is 0 Å². The van der Waals surface area contributed by atoms with E-state index in [9.17, 15) is 9.90 Å². The molecule has 0 aliphatic rings. The Balaban J connectivity index is 3.25. The van der Waals surface area contributed by atoms with E-state index in [1.807, 2.05) is 0 Å². The third-order valence-electron chi connectivity index (χ3n) is 1.85. The molecular formula is C9H18NO2-. The maximum Gasteiger partial charge on any atom is 0.0582 e. The van der Waals surface area contributed by atoms with Crippen molar-refractivity contribution in [3.05, 3.63) is 0 Å². The Morgan fingerprint density at radius 3 is 2.25 bits per heavy atom. The van der Waals surface area contributed by atoms with Crippen molar-refractivity contribution in [1.82, 2.24) is 0 Å². The third kappa shape index (κ3) is 6.16. The number of hydrogen-bond acceptors (Lipinski definition) is 3. The van der Waals surface area contributed by atoms with Crippen LogP contribution in [0.5, 0.6) is 0 Å². The fourth-order valence-corrected chi connectivity index (χ4v) is 1.03. The molecule has 0 spiro atoms. The zero-order valence-electron chi connectivity index (χ0n) is 7.88. The summed E-state index contributed by atoms with van der Waals surface area (Å²) in [6, 6.07) is -0.780. The van der Waals surface area contributed by atoms with Crippen molar-refractivity contribution < 1.29 is 9.90 Å². The van der Waals surface area contributed by atoms with Gasteiger partial charge in [-0.05, 0) is 12.3 Å². The van der Waals surface area contributed by atoms with E-state index in [1.165, 1.54) is 0 Å². The summed E-state index contributed by atoms with van der Waals surface area (Å²) < 4.78 is 0. The molecule has 3 heteroatoms. The molecule has 0 amide bonds. The van der Waals surface area contributed by atoms with Crippen LogP contribution in [0.1, 0.15) is 39.5 Å². The molecule has 2 N–H and O–H groups in total. The number of rotatable bonds is 6. The van der Waals surface area contributed by atoms with Crippen LogP contribution in [0.2, 0.25) is 0 Å². The first-order valence-corrected chi connectivity index (χ1v) is 4.50. The molecule has 0 heterocycles. The fourth-order valence-electron chi connectivity index (χ4n) is 1.03. The minimum absolute atomic E-state index is 0.537. The molecule has 0 fully saturated rings. The van der Waals surface area contributed by atoms with Gasteiger partial charge in [-0.25, -0.2) is 0 Å². The number of carbonyl (C=O) groups excluding carboxylic acids is 1. The smallest absolute Gasteiger partial charge is 0.0582 e. The molecule has 0 aromatic carbocycles. The number of unbranched alkanes of at least 4 members (excludes halogenated alkanes) is 1. The predicted molar refractivity (Wildman–Crippen MR) is 46.3 cm³/mol. The summed E-state index contributed by atoms with van der Waals surface area (Å²) in [5, 5.41) is 10.2. The molecule has 1 unspecified atom stereocenters. The molecule has 0 aromatic rings. The summed E-state index contributed by atoms with van der Waals surface area (Å²) in [5.74, 6) is -0.455. The van der Waals surface area contributed by atoms with Crippen molar-refractivity contribution >= 4 is 5.97 Å². The Hall–Kier alpha value is -0.570. The highest BCUT2D eigenvalue weighted by Gasteiger charge is 2.02. The van der Waals surface area contributed by atoms with Gasteiger partial charge >= 0.3 is 0 Å². The average molecular weight is 172 g/mol. The molecule has 0 saturated carbocycles. The van der Waals surface area contributed by atoms with Crippen LogP contribution in [0.4, 0.5) is 0 Å². The summed E-state index contributed by atoms with van der Waals surface area (Å²) in [4.78, 5) is 10.2. The first-order chi connectivity index (χ1) is 5.54. The van der Waals surface area contributed by atoms with Crippen molar-refractivity contribution in [3.63, 3.8) is 0 Å². The van der Waals surface area contributed by atoms with Crippen LogP contribution in [-0.4, -0.2) is 12.0 Å². The van der Waals surface area contributed by atoms with Gasteiger partial charge in [-0.3, -0.25) is 0 Å². The molecule has 0 aliphatic carbocycles. The lowest BCUT2D eigenvalue weighted by molar-refractivity contribution is -0.307. The normalized spacial score (nSPS) is 13.3. The maximum absolute atomic E-state index is 10.2. The number of carbonyl (C=O) groups is 1. The number of carboxylic acid groups (broad SMARTS) is 1. The Labute approximate surface area is 74.0 Å². The van der Waals surface area contributed by atoms with E-state index in [1.54, 1.807) is 0 Å². The topological polar surface area (TPSA) is 66.2 Å². The average Bonchev–Trinajstić information content (AvgIpc) is 1.97. The lowest BCUT2D eigenvalue weighted by Gasteiger charge is -2.12. The van der Waals surface area contributed by atoms with Crippen molar-refractivity contribution in [2.45, 2.75) is 45.6 Å². The minimum Gasteiger partial charge on any atom is -0.548 e. The van der Waals surface area contributed by atoms with Gasteiger partial charge in [0.05, 0.1) is 5.97 Å². The maximum atomic E-state index is 10.2. The van der Waals surface area contributed by atoms with E-state index in [-0.39, 0.29) is 0 Å². The molecule has 1 atom stereocenters. The van der Waals surface area contributed by atoms with E-state index in [4.69, 9.17) is 5.73 Å². The molecule has 0 radical (unpaired) electrons. The Morgan fingerprint density at radius 2 is 1.83 bits per heavy atom. The standard InChI is InChI=1S/C9H19NO2/c1-7(2)5-3-4-6-8(10)9(11)12/h7-8H,3-6,10H2,1-2H3,(H,11,12)/p-1. The molecule has 72 valence electrons. The lowest BCUT2D eigenvalue weighted by atomic mass is 10.0. The lowest BCUT2D eigenvalue weighted by Crippen LogP contribution is -2.41. The molecule has 12 heavy (non-hydrogen) atoms. The van der Waals surface area contributed by atoms with Gasteiger partial charge in [-0.1, -0.05) is 33.1 Å². The second-order valence-electron chi connectivity index (χ2n) is 3.60. The molecule has 0 aliphatic heterocycles. The van der Waals surface area contributed by atoms with Gasteiger partial charge in [0.25, 0.3) is 0 Å². The van der Waals surface area contributed by atoms with Crippen LogP contribution in [0.15, 0.2) is 0 Å². The Morgan fingerprint density at radius 1 is 1.33 bits per heavy atom. The number of hydrogen-bond donors (Lipinski definition) is 1. The molecule has 3 nitrogen and oxygen atoms in total. The molecule has 0 aromatic heterocycles. The first-order valence-electron chi connectivity index (χ1n) is 4.50. The van der Waals surface area contributed by atoms with Crippen LogP contribution >= 0.6 is 0 Å². The summed E-state index contributed by atoms with van der Waals surface area (Å²) in [6.07, 6.45) is 3.61. The van der Waals surface area contributed by atoms with Gasteiger partial charge in [0.1, 0.15) is 0 Å². The molecule has 0 rings (SSSR count). The summed E-state index contributed by atoms with van der Waals surface area (Å²) in [6.45, 7) is 4.30. The van der Waals surface area contributed by atoms with Gasteiger partial charge < -0.3 is 15.6 Å². The zero-order chi connectivity index (χ0) is 9.56. The summed E-state index contributed by atoms with van der Waals surface area (Å²) in [5.41, 5.74) is 5.27.